The largest absolute Gasteiger partial charge is 0.345 e. The Morgan fingerprint density at radius 3 is 3.00 bits per heavy atom. The van der Waals surface area contributed by atoms with Gasteiger partial charge in [0.2, 0.25) is 5.82 Å². The molecular weight excluding hydrogens is 244 g/mol. The Morgan fingerprint density at radius 1 is 1.58 bits per heavy atom. The van der Waals surface area contributed by atoms with E-state index in [1.54, 1.807) is 4.68 Å². The summed E-state index contributed by atoms with van der Waals surface area (Å²) in [6.45, 7) is 2.35. The zero-order chi connectivity index (χ0) is 13.4. The van der Waals surface area contributed by atoms with Gasteiger partial charge < -0.3 is 5.32 Å². The highest BCUT2D eigenvalue weighted by atomic mass is 16.2. The molecule has 0 unspecified atom stereocenters. The molecule has 1 amide bonds. The summed E-state index contributed by atoms with van der Waals surface area (Å²) in [6, 6.07) is 0. The van der Waals surface area contributed by atoms with Crippen molar-refractivity contribution in [1.82, 2.24) is 30.3 Å². The molecule has 0 radical (unpaired) electrons. The summed E-state index contributed by atoms with van der Waals surface area (Å²) in [5.74, 6) is 1.24. The summed E-state index contributed by atoms with van der Waals surface area (Å²) in [5.41, 5.74) is 1.91. The smallest absolute Gasteiger partial charge is 0.291 e. The average molecular weight is 260 g/mol. The zero-order valence-corrected chi connectivity index (χ0v) is 11.0. The Kier molecular flexibility index (Phi) is 2.81. The number of hydrogen-bond acceptors (Lipinski definition) is 4. The number of carbonyl (C=O) groups is 1. The standard InChI is InChI=1S/C12H16N6O/c1-7-9(6-18(2)17-7)5-13-12(19)11-14-10(15-16-11)8-3-4-8/h6,8H,3-5H2,1-2H3,(H,13,19)(H,14,15,16). The number of amides is 1. The van der Waals surface area contributed by atoms with E-state index < -0.39 is 0 Å². The Morgan fingerprint density at radius 2 is 2.37 bits per heavy atom. The van der Waals surface area contributed by atoms with Gasteiger partial charge in [-0.05, 0) is 19.8 Å². The van der Waals surface area contributed by atoms with E-state index >= 15 is 0 Å². The zero-order valence-electron chi connectivity index (χ0n) is 11.0. The number of aryl methyl sites for hydroxylation is 2. The van der Waals surface area contributed by atoms with Crippen molar-refractivity contribution < 1.29 is 4.79 Å². The Labute approximate surface area is 110 Å². The maximum absolute atomic E-state index is 11.9. The van der Waals surface area contributed by atoms with Crippen LogP contribution in [0.25, 0.3) is 0 Å². The number of aromatic amines is 1. The van der Waals surface area contributed by atoms with E-state index in [0.717, 1.165) is 29.9 Å². The monoisotopic (exact) mass is 260 g/mol. The third-order valence-corrected chi connectivity index (χ3v) is 3.22. The molecule has 7 heteroatoms. The Balaban J connectivity index is 1.62. The van der Waals surface area contributed by atoms with Gasteiger partial charge in [-0.25, -0.2) is 4.98 Å². The van der Waals surface area contributed by atoms with Crippen LogP contribution in [0.2, 0.25) is 0 Å². The van der Waals surface area contributed by atoms with Crippen LogP contribution >= 0.6 is 0 Å². The average Bonchev–Trinajstić information content (AvgIpc) is 3.01. The second-order valence-electron chi connectivity index (χ2n) is 4.91. The highest BCUT2D eigenvalue weighted by Crippen LogP contribution is 2.37. The Hall–Kier alpha value is -2.18. The first-order valence-corrected chi connectivity index (χ1v) is 6.33. The van der Waals surface area contributed by atoms with Gasteiger partial charge >= 0.3 is 0 Å². The van der Waals surface area contributed by atoms with E-state index in [9.17, 15) is 4.79 Å². The van der Waals surface area contributed by atoms with Crippen LogP contribution in [0.15, 0.2) is 6.20 Å². The first-order valence-electron chi connectivity index (χ1n) is 6.33. The van der Waals surface area contributed by atoms with Gasteiger partial charge in [0.25, 0.3) is 5.91 Å². The van der Waals surface area contributed by atoms with Crippen molar-refractivity contribution in [2.75, 3.05) is 0 Å². The van der Waals surface area contributed by atoms with Gasteiger partial charge in [0.15, 0.2) is 0 Å². The second kappa shape index (κ2) is 4.49. The summed E-state index contributed by atoms with van der Waals surface area (Å²) in [5, 5.41) is 13.8. The molecule has 7 nitrogen and oxygen atoms in total. The van der Waals surface area contributed by atoms with Gasteiger partial charge in [0, 0.05) is 31.3 Å². The van der Waals surface area contributed by atoms with Crippen molar-refractivity contribution in [2.45, 2.75) is 32.2 Å². The molecule has 0 aromatic carbocycles. The lowest BCUT2D eigenvalue weighted by atomic mass is 10.2. The van der Waals surface area contributed by atoms with E-state index in [4.69, 9.17) is 0 Å². The van der Waals surface area contributed by atoms with Gasteiger partial charge in [-0.15, -0.1) is 5.10 Å². The molecule has 2 aromatic rings. The van der Waals surface area contributed by atoms with Crippen molar-refractivity contribution >= 4 is 5.91 Å². The molecule has 1 aliphatic carbocycles. The number of nitrogens with one attached hydrogen (secondary N) is 2. The van der Waals surface area contributed by atoms with Crippen molar-refractivity contribution in [3.05, 3.63) is 29.1 Å². The number of rotatable bonds is 4. The molecule has 1 saturated carbocycles. The highest BCUT2D eigenvalue weighted by molar-refractivity contribution is 5.90. The Bertz CT molecular complexity index is 610. The van der Waals surface area contributed by atoms with Crippen LogP contribution in [0.4, 0.5) is 0 Å². The first-order chi connectivity index (χ1) is 9.13. The van der Waals surface area contributed by atoms with Crippen molar-refractivity contribution in [1.29, 1.82) is 0 Å². The third kappa shape index (κ3) is 2.49. The lowest BCUT2D eigenvalue weighted by Crippen LogP contribution is -2.24. The van der Waals surface area contributed by atoms with Crippen LogP contribution < -0.4 is 5.32 Å². The molecule has 2 heterocycles. The molecule has 1 fully saturated rings. The molecule has 0 bridgehead atoms. The fourth-order valence-electron chi connectivity index (χ4n) is 1.99. The van der Waals surface area contributed by atoms with Crippen LogP contribution in [0.3, 0.4) is 0 Å². The number of aromatic nitrogens is 5. The van der Waals surface area contributed by atoms with Gasteiger partial charge in [0.1, 0.15) is 5.82 Å². The van der Waals surface area contributed by atoms with E-state index in [2.05, 4.69) is 25.6 Å². The van der Waals surface area contributed by atoms with Crippen molar-refractivity contribution in [3.8, 4) is 0 Å². The van der Waals surface area contributed by atoms with Gasteiger partial charge in [-0.1, -0.05) is 0 Å². The molecule has 0 atom stereocenters. The van der Waals surface area contributed by atoms with Gasteiger partial charge in [-0.3, -0.25) is 14.6 Å². The maximum atomic E-state index is 11.9. The van der Waals surface area contributed by atoms with E-state index in [-0.39, 0.29) is 11.7 Å². The van der Waals surface area contributed by atoms with Crippen LogP contribution in [-0.2, 0) is 13.6 Å². The minimum Gasteiger partial charge on any atom is -0.345 e. The summed E-state index contributed by atoms with van der Waals surface area (Å²) in [4.78, 5) is 16.1. The molecule has 100 valence electrons. The van der Waals surface area contributed by atoms with E-state index in [1.165, 1.54) is 0 Å². The molecule has 0 saturated heterocycles. The van der Waals surface area contributed by atoms with Crippen LogP contribution in [0.5, 0.6) is 0 Å². The highest BCUT2D eigenvalue weighted by Gasteiger charge is 2.28. The predicted octanol–water partition coefficient (Wildman–Crippen LogP) is 0.654. The molecule has 19 heavy (non-hydrogen) atoms. The molecular formula is C12H16N6O. The minimum atomic E-state index is -0.258. The van der Waals surface area contributed by atoms with E-state index in [0.29, 0.717) is 12.5 Å². The maximum Gasteiger partial charge on any atom is 0.291 e. The van der Waals surface area contributed by atoms with Crippen molar-refractivity contribution in [2.24, 2.45) is 7.05 Å². The van der Waals surface area contributed by atoms with Gasteiger partial charge in [-0.2, -0.15) is 5.10 Å². The number of H-pyrrole nitrogens is 1. The lowest BCUT2D eigenvalue weighted by Gasteiger charge is -2.00. The SMILES string of the molecule is Cc1nn(C)cc1CNC(=O)c1n[nH]c(C2CC2)n1. The van der Waals surface area contributed by atoms with Crippen molar-refractivity contribution in [3.63, 3.8) is 0 Å². The van der Waals surface area contributed by atoms with Gasteiger partial charge in [0.05, 0.1) is 5.69 Å². The molecule has 1 aliphatic rings. The molecule has 2 N–H and O–H groups in total. The molecule has 0 aliphatic heterocycles. The fourth-order valence-corrected chi connectivity index (χ4v) is 1.99. The lowest BCUT2D eigenvalue weighted by molar-refractivity contribution is 0.0941. The summed E-state index contributed by atoms with van der Waals surface area (Å²) in [6.07, 6.45) is 4.15. The second-order valence-corrected chi connectivity index (χ2v) is 4.91. The van der Waals surface area contributed by atoms with Crippen LogP contribution in [0.1, 0.15) is 46.5 Å². The number of nitrogens with zero attached hydrogens (tertiary/aromatic N) is 4. The topological polar surface area (TPSA) is 88.5 Å². The van der Waals surface area contributed by atoms with Crippen LogP contribution in [0, 0.1) is 6.92 Å². The number of hydrogen-bond donors (Lipinski definition) is 2. The third-order valence-electron chi connectivity index (χ3n) is 3.22. The van der Waals surface area contributed by atoms with Crippen LogP contribution in [-0.4, -0.2) is 30.9 Å². The minimum absolute atomic E-state index is 0.212. The van der Waals surface area contributed by atoms with E-state index in [1.807, 2.05) is 20.2 Å². The summed E-state index contributed by atoms with van der Waals surface area (Å²) in [7, 11) is 1.86. The summed E-state index contributed by atoms with van der Waals surface area (Å²) >= 11 is 0. The molecule has 2 aromatic heterocycles. The number of carbonyl (C=O) groups excluding carboxylic acids is 1. The normalized spacial score (nSPS) is 14.6. The molecule has 0 spiro atoms. The first kappa shape index (κ1) is 11.9. The summed E-state index contributed by atoms with van der Waals surface area (Å²) < 4.78 is 1.73. The quantitative estimate of drug-likeness (QED) is 0.845. The fraction of sp³-hybridized carbons (Fsp3) is 0.500. The predicted molar refractivity (Wildman–Crippen MR) is 67.5 cm³/mol. The molecule has 3 rings (SSSR count).